The van der Waals surface area contributed by atoms with Crippen molar-refractivity contribution in [2.24, 2.45) is 5.73 Å². The van der Waals surface area contributed by atoms with E-state index in [1.807, 2.05) is 12.1 Å². The van der Waals surface area contributed by atoms with E-state index in [-0.39, 0.29) is 11.8 Å². The van der Waals surface area contributed by atoms with Gasteiger partial charge in [-0.15, -0.1) is 0 Å². The van der Waals surface area contributed by atoms with E-state index in [1.54, 1.807) is 12.1 Å². The van der Waals surface area contributed by atoms with Crippen molar-refractivity contribution >= 4 is 21.4 Å². The standard InChI is InChI=1S/C11H16ClNO2S/c1-16(14,15)8-2-3-11(13)9-4-6-10(12)7-5-9/h4-7,11H,2-3,8,13H2,1H3. The van der Waals surface area contributed by atoms with Gasteiger partial charge in [0.05, 0.1) is 0 Å². The van der Waals surface area contributed by atoms with E-state index in [2.05, 4.69) is 0 Å². The van der Waals surface area contributed by atoms with Crippen LogP contribution in [0.2, 0.25) is 5.02 Å². The highest BCUT2D eigenvalue weighted by Gasteiger charge is 2.08. The van der Waals surface area contributed by atoms with Crippen molar-refractivity contribution in [1.82, 2.24) is 0 Å². The van der Waals surface area contributed by atoms with Gasteiger partial charge in [0.25, 0.3) is 0 Å². The van der Waals surface area contributed by atoms with Gasteiger partial charge in [-0.2, -0.15) is 0 Å². The van der Waals surface area contributed by atoms with E-state index in [0.717, 1.165) is 5.56 Å². The molecule has 0 radical (unpaired) electrons. The van der Waals surface area contributed by atoms with Crippen LogP contribution in [-0.4, -0.2) is 20.4 Å². The van der Waals surface area contributed by atoms with Crippen molar-refractivity contribution in [2.45, 2.75) is 18.9 Å². The highest BCUT2D eigenvalue weighted by Crippen LogP contribution is 2.18. The molecule has 2 N–H and O–H groups in total. The normalized spacial score (nSPS) is 13.7. The fraction of sp³-hybridized carbons (Fsp3) is 0.455. The van der Waals surface area contributed by atoms with Gasteiger partial charge in [-0.05, 0) is 30.5 Å². The Labute approximate surface area is 102 Å². The quantitative estimate of drug-likeness (QED) is 0.884. The maximum absolute atomic E-state index is 10.9. The first-order valence-electron chi connectivity index (χ1n) is 5.07. The Balaban J connectivity index is 2.47. The SMILES string of the molecule is CS(=O)(=O)CCCC(N)c1ccc(Cl)cc1. The first kappa shape index (κ1) is 13.5. The number of sulfone groups is 1. The highest BCUT2D eigenvalue weighted by atomic mass is 35.5. The summed E-state index contributed by atoms with van der Waals surface area (Å²) in [4.78, 5) is 0. The molecule has 0 aliphatic rings. The third kappa shape index (κ3) is 4.96. The van der Waals surface area contributed by atoms with Crippen LogP contribution in [0.3, 0.4) is 0 Å². The molecule has 16 heavy (non-hydrogen) atoms. The minimum absolute atomic E-state index is 0.126. The minimum Gasteiger partial charge on any atom is -0.324 e. The average Bonchev–Trinajstić information content (AvgIpc) is 2.16. The summed E-state index contributed by atoms with van der Waals surface area (Å²) in [6, 6.07) is 7.18. The lowest BCUT2D eigenvalue weighted by molar-refractivity contribution is 0.588. The molecule has 0 fully saturated rings. The molecule has 0 heterocycles. The zero-order chi connectivity index (χ0) is 12.2. The zero-order valence-corrected chi connectivity index (χ0v) is 10.8. The molecule has 1 rings (SSSR count). The lowest BCUT2D eigenvalue weighted by atomic mass is 10.0. The monoisotopic (exact) mass is 261 g/mol. The summed E-state index contributed by atoms with van der Waals surface area (Å²) >= 11 is 5.76. The first-order valence-corrected chi connectivity index (χ1v) is 7.51. The summed E-state index contributed by atoms with van der Waals surface area (Å²) < 4.78 is 21.9. The van der Waals surface area contributed by atoms with Crippen LogP contribution in [0.5, 0.6) is 0 Å². The summed E-state index contributed by atoms with van der Waals surface area (Å²) in [7, 11) is -2.89. The second-order valence-corrected chi connectivity index (χ2v) is 6.63. The molecule has 0 aliphatic carbocycles. The van der Waals surface area contributed by atoms with Gasteiger partial charge >= 0.3 is 0 Å². The molecule has 0 saturated heterocycles. The van der Waals surface area contributed by atoms with E-state index in [4.69, 9.17) is 17.3 Å². The Morgan fingerprint density at radius 3 is 2.38 bits per heavy atom. The maximum atomic E-state index is 10.9. The Morgan fingerprint density at radius 1 is 1.31 bits per heavy atom. The molecule has 90 valence electrons. The predicted octanol–water partition coefficient (Wildman–Crippen LogP) is 2.16. The van der Waals surface area contributed by atoms with Gasteiger partial charge in [-0.3, -0.25) is 0 Å². The van der Waals surface area contributed by atoms with Crippen molar-refractivity contribution in [3.05, 3.63) is 34.9 Å². The van der Waals surface area contributed by atoms with Crippen LogP contribution >= 0.6 is 11.6 Å². The van der Waals surface area contributed by atoms with Gasteiger partial charge in [0, 0.05) is 23.1 Å². The van der Waals surface area contributed by atoms with Crippen LogP contribution in [0.25, 0.3) is 0 Å². The van der Waals surface area contributed by atoms with Crippen LogP contribution in [0.15, 0.2) is 24.3 Å². The van der Waals surface area contributed by atoms with E-state index in [1.165, 1.54) is 6.26 Å². The summed E-state index contributed by atoms with van der Waals surface area (Å²) in [5, 5.41) is 0.673. The molecule has 0 spiro atoms. The van der Waals surface area contributed by atoms with Crippen molar-refractivity contribution in [3.8, 4) is 0 Å². The van der Waals surface area contributed by atoms with Crippen LogP contribution in [0, 0.1) is 0 Å². The number of nitrogens with two attached hydrogens (primary N) is 1. The summed E-state index contributed by atoms with van der Waals surface area (Å²) in [5.74, 6) is 0.189. The fourth-order valence-corrected chi connectivity index (χ4v) is 2.26. The smallest absolute Gasteiger partial charge is 0.147 e. The predicted molar refractivity (Wildman–Crippen MR) is 67.3 cm³/mol. The lowest BCUT2D eigenvalue weighted by Crippen LogP contribution is -2.12. The number of benzene rings is 1. The second-order valence-electron chi connectivity index (χ2n) is 3.93. The first-order chi connectivity index (χ1) is 7.38. The summed E-state index contributed by atoms with van der Waals surface area (Å²) in [6.07, 6.45) is 2.48. The van der Waals surface area contributed by atoms with E-state index in [0.29, 0.717) is 17.9 Å². The molecule has 1 aromatic rings. The van der Waals surface area contributed by atoms with Crippen LogP contribution < -0.4 is 5.73 Å². The second kappa shape index (κ2) is 5.66. The number of hydrogen-bond donors (Lipinski definition) is 1. The molecule has 1 aromatic carbocycles. The number of halogens is 1. The number of rotatable bonds is 5. The largest absolute Gasteiger partial charge is 0.324 e. The van der Waals surface area contributed by atoms with E-state index >= 15 is 0 Å². The highest BCUT2D eigenvalue weighted by molar-refractivity contribution is 7.90. The van der Waals surface area contributed by atoms with E-state index in [9.17, 15) is 8.42 Å². The molecular formula is C11H16ClNO2S. The molecule has 0 bridgehead atoms. The molecule has 1 atom stereocenters. The zero-order valence-electron chi connectivity index (χ0n) is 9.19. The third-order valence-corrected chi connectivity index (χ3v) is 3.61. The number of hydrogen-bond acceptors (Lipinski definition) is 3. The summed E-state index contributed by atoms with van der Waals surface area (Å²) in [6.45, 7) is 0. The third-order valence-electron chi connectivity index (χ3n) is 2.33. The molecule has 0 aromatic heterocycles. The van der Waals surface area contributed by atoms with Crippen LogP contribution in [0.4, 0.5) is 0 Å². The Hall–Kier alpha value is -0.580. The Kier molecular flexibility index (Phi) is 4.77. The van der Waals surface area contributed by atoms with Gasteiger partial charge in [-0.25, -0.2) is 8.42 Å². The molecule has 1 unspecified atom stereocenters. The average molecular weight is 262 g/mol. The molecule has 0 aliphatic heterocycles. The topological polar surface area (TPSA) is 60.2 Å². The molecule has 0 saturated carbocycles. The van der Waals surface area contributed by atoms with Crippen molar-refractivity contribution in [3.63, 3.8) is 0 Å². The van der Waals surface area contributed by atoms with Gasteiger partial charge < -0.3 is 5.73 Å². The molecular weight excluding hydrogens is 246 g/mol. The van der Waals surface area contributed by atoms with Crippen LogP contribution in [0.1, 0.15) is 24.4 Å². The van der Waals surface area contributed by atoms with E-state index < -0.39 is 9.84 Å². The van der Waals surface area contributed by atoms with Crippen molar-refractivity contribution < 1.29 is 8.42 Å². The van der Waals surface area contributed by atoms with Gasteiger partial charge in [0.15, 0.2) is 0 Å². The Morgan fingerprint density at radius 2 is 1.88 bits per heavy atom. The molecule has 3 nitrogen and oxygen atoms in total. The van der Waals surface area contributed by atoms with Crippen molar-refractivity contribution in [2.75, 3.05) is 12.0 Å². The van der Waals surface area contributed by atoms with Gasteiger partial charge in [0.2, 0.25) is 0 Å². The maximum Gasteiger partial charge on any atom is 0.147 e. The van der Waals surface area contributed by atoms with Crippen LogP contribution in [-0.2, 0) is 9.84 Å². The lowest BCUT2D eigenvalue weighted by Gasteiger charge is -2.11. The molecule has 0 amide bonds. The minimum atomic E-state index is -2.89. The fourth-order valence-electron chi connectivity index (χ4n) is 1.44. The van der Waals surface area contributed by atoms with Gasteiger partial charge in [0.1, 0.15) is 9.84 Å². The van der Waals surface area contributed by atoms with Gasteiger partial charge in [-0.1, -0.05) is 23.7 Å². The summed E-state index contributed by atoms with van der Waals surface area (Å²) in [5.41, 5.74) is 6.92. The Bertz CT molecular complexity index is 428. The van der Waals surface area contributed by atoms with Crippen molar-refractivity contribution in [1.29, 1.82) is 0 Å². The molecule has 5 heteroatoms.